The van der Waals surface area contributed by atoms with Gasteiger partial charge in [0.05, 0.1) is 4.92 Å². The fraction of sp³-hybridized carbons (Fsp3) is 0.188. The van der Waals surface area contributed by atoms with Crippen molar-refractivity contribution in [2.24, 2.45) is 0 Å². The molecule has 0 aliphatic carbocycles. The molecule has 0 bridgehead atoms. The van der Waals surface area contributed by atoms with E-state index in [0.717, 1.165) is 6.07 Å². The lowest BCUT2D eigenvalue weighted by molar-refractivity contribution is -0.385. The molecule has 0 saturated carbocycles. The molecule has 8 heteroatoms. The second-order valence-corrected chi connectivity index (χ2v) is 6.36. The zero-order valence-electron chi connectivity index (χ0n) is 12.5. The van der Waals surface area contributed by atoms with Gasteiger partial charge in [0.2, 0.25) is 0 Å². The Kier molecular flexibility index (Phi) is 6.57. The predicted octanol–water partition coefficient (Wildman–Crippen LogP) is 4.05. The van der Waals surface area contributed by atoms with Crippen LogP contribution >= 0.6 is 23.4 Å². The number of carbonyl (C=O) groups excluding carboxylic acids is 1. The molecule has 5 nitrogen and oxygen atoms in total. The van der Waals surface area contributed by atoms with Crippen molar-refractivity contribution >= 4 is 35.0 Å². The molecule has 2 rings (SSSR count). The van der Waals surface area contributed by atoms with Gasteiger partial charge in [-0.1, -0.05) is 29.8 Å². The monoisotopic (exact) mass is 368 g/mol. The molecule has 0 fully saturated rings. The summed E-state index contributed by atoms with van der Waals surface area (Å²) in [7, 11) is 0. The Bertz CT molecular complexity index is 758. The molecular formula is C16H14ClFN2O3S. The smallest absolute Gasteiger partial charge is 0.283 e. The summed E-state index contributed by atoms with van der Waals surface area (Å²) in [6.45, 7) is 0.317. The van der Waals surface area contributed by atoms with Crippen molar-refractivity contribution in [3.05, 3.63) is 74.5 Å². The highest BCUT2D eigenvalue weighted by molar-refractivity contribution is 7.98. The molecule has 1 amide bonds. The first kappa shape index (κ1) is 18.2. The first-order valence-corrected chi connectivity index (χ1v) is 8.55. The van der Waals surface area contributed by atoms with Gasteiger partial charge in [0.25, 0.3) is 11.6 Å². The number of amides is 1. The number of carbonyl (C=O) groups is 1. The Morgan fingerprint density at radius 1 is 1.29 bits per heavy atom. The van der Waals surface area contributed by atoms with Gasteiger partial charge in [-0.3, -0.25) is 14.9 Å². The summed E-state index contributed by atoms with van der Waals surface area (Å²) in [6, 6.07) is 10.4. The zero-order valence-corrected chi connectivity index (χ0v) is 14.1. The van der Waals surface area contributed by atoms with E-state index in [1.165, 1.54) is 30.0 Å². The number of hydrogen-bond acceptors (Lipinski definition) is 4. The van der Waals surface area contributed by atoms with E-state index < -0.39 is 10.8 Å². The van der Waals surface area contributed by atoms with E-state index >= 15 is 0 Å². The van der Waals surface area contributed by atoms with Crippen molar-refractivity contribution in [2.75, 3.05) is 12.3 Å². The van der Waals surface area contributed by atoms with E-state index in [2.05, 4.69) is 5.32 Å². The predicted molar refractivity (Wildman–Crippen MR) is 93.0 cm³/mol. The second kappa shape index (κ2) is 8.65. The van der Waals surface area contributed by atoms with Crippen LogP contribution in [0, 0.1) is 15.9 Å². The third-order valence-electron chi connectivity index (χ3n) is 3.15. The van der Waals surface area contributed by atoms with Crippen LogP contribution in [0.4, 0.5) is 10.1 Å². The van der Waals surface area contributed by atoms with Gasteiger partial charge in [-0.2, -0.15) is 11.8 Å². The van der Waals surface area contributed by atoms with E-state index in [1.54, 1.807) is 18.2 Å². The maximum atomic E-state index is 13.4. The molecule has 1 N–H and O–H groups in total. The molecule has 0 unspecified atom stereocenters. The van der Waals surface area contributed by atoms with E-state index in [1.807, 2.05) is 0 Å². The Balaban J connectivity index is 1.84. The number of nitrogens with zero attached hydrogens (tertiary/aromatic N) is 1. The van der Waals surface area contributed by atoms with Gasteiger partial charge >= 0.3 is 0 Å². The lowest BCUT2D eigenvalue weighted by Gasteiger charge is -2.07. The third-order valence-corrected chi connectivity index (χ3v) is 4.39. The van der Waals surface area contributed by atoms with Crippen LogP contribution in [0.1, 0.15) is 15.9 Å². The molecule has 126 valence electrons. The van der Waals surface area contributed by atoms with Crippen molar-refractivity contribution in [3.63, 3.8) is 0 Å². The van der Waals surface area contributed by atoms with Gasteiger partial charge in [-0.15, -0.1) is 0 Å². The summed E-state index contributed by atoms with van der Waals surface area (Å²) in [5, 5.41) is 13.8. The van der Waals surface area contributed by atoms with Crippen LogP contribution in [-0.2, 0) is 5.75 Å². The molecule has 0 spiro atoms. The van der Waals surface area contributed by atoms with Crippen LogP contribution < -0.4 is 5.32 Å². The summed E-state index contributed by atoms with van der Waals surface area (Å²) in [6.07, 6.45) is 0. The van der Waals surface area contributed by atoms with Crippen LogP contribution in [0.15, 0.2) is 42.5 Å². The molecule has 0 aliphatic rings. The average Bonchev–Trinajstić information content (AvgIpc) is 2.55. The van der Waals surface area contributed by atoms with Gasteiger partial charge in [-0.25, -0.2) is 4.39 Å². The maximum absolute atomic E-state index is 13.4. The zero-order chi connectivity index (χ0) is 17.5. The van der Waals surface area contributed by atoms with Gasteiger partial charge < -0.3 is 5.32 Å². The first-order chi connectivity index (χ1) is 11.5. The molecular weight excluding hydrogens is 355 g/mol. The standard InChI is InChI=1S/C16H14ClFN2O3S/c17-12-5-6-13(15(9-12)20(22)23)16(21)19-7-8-24-10-11-3-1-2-4-14(11)18/h1-6,9H,7-8,10H2,(H,19,21). The van der Waals surface area contributed by atoms with Gasteiger partial charge in [0.15, 0.2) is 0 Å². The number of nitro groups is 1. The normalized spacial score (nSPS) is 10.4. The minimum atomic E-state index is -0.645. The highest BCUT2D eigenvalue weighted by Crippen LogP contribution is 2.23. The van der Waals surface area contributed by atoms with Crippen LogP contribution in [0.5, 0.6) is 0 Å². The van der Waals surface area contributed by atoms with E-state index in [4.69, 9.17) is 11.6 Å². The third kappa shape index (κ3) is 4.94. The van der Waals surface area contributed by atoms with Crippen molar-refractivity contribution in [3.8, 4) is 0 Å². The highest BCUT2D eigenvalue weighted by atomic mass is 35.5. The lowest BCUT2D eigenvalue weighted by atomic mass is 10.1. The number of rotatable bonds is 7. The van der Waals surface area contributed by atoms with Crippen LogP contribution in [0.25, 0.3) is 0 Å². The highest BCUT2D eigenvalue weighted by Gasteiger charge is 2.20. The number of benzene rings is 2. The fourth-order valence-corrected chi connectivity index (χ4v) is 2.99. The minimum absolute atomic E-state index is 0.0384. The summed E-state index contributed by atoms with van der Waals surface area (Å²) in [5.41, 5.74) is 0.227. The summed E-state index contributed by atoms with van der Waals surface area (Å²) < 4.78 is 13.4. The molecule has 24 heavy (non-hydrogen) atoms. The van der Waals surface area contributed by atoms with Gasteiger partial charge in [0, 0.05) is 29.1 Å². The largest absolute Gasteiger partial charge is 0.351 e. The molecule has 0 atom stereocenters. The van der Waals surface area contributed by atoms with E-state index in [0.29, 0.717) is 23.6 Å². The Hall–Kier alpha value is -2.12. The number of hydrogen-bond donors (Lipinski definition) is 1. The van der Waals surface area contributed by atoms with E-state index in [9.17, 15) is 19.3 Å². The SMILES string of the molecule is O=C(NCCSCc1ccccc1F)c1ccc(Cl)cc1[N+](=O)[O-]. The minimum Gasteiger partial charge on any atom is -0.351 e. The Morgan fingerprint density at radius 3 is 2.75 bits per heavy atom. The molecule has 0 radical (unpaired) electrons. The Labute approximate surface area is 147 Å². The molecule has 0 heterocycles. The number of nitrogens with one attached hydrogen (secondary N) is 1. The topological polar surface area (TPSA) is 72.2 Å². The second-order valence-electron chi connectivity index (χ2n) is 4.82. The number of nitro benzene ring substituents is 1. The molecule has 2 aromatic carbocycles. The quantitative estimate of drug-likeness (QED) is 0.454. The molecule has 2 aromatic rings. The first-order valence-electron chi connectivity index (χ1n) is 7.02. The Morgan fingerprint density at radius 2 is 2.04 bits per heavy atom. The van der Waals surface area contributed by atoms with Crippen LogP contribution in [-0.4, -0.2) is 23.1 Å². The van der Waals surface area contributed by atoms with Crippen molar-refractivity contribution < 1.29 is 14.1 Å². The van der Waals surface area contributed by atoms with Crippen molar-refractivity contribution in [2.45, 2.75) is 5.75 Å². The molecule has 0 aliphatic heterocycles. The van der Waals surface area contributed by atoms with Crippen LogP contribution in [0.3, 0.4) is 0 Å². The molecule has 0 aromatic heterocycles. The van der Waals surface area contributed by atoms with Gasteiger partial charge in [-0.05, 0) is 23.8 Å². The lowest BCUT2D eigenvalue weighted by Crippen LogP contribution is -2.26. The summed E-state index contributed by atoms with van der Waals surface area (Å²) >= 11 is 7.17. The fourth-order valence-electron chi connectivity index (χ4n) is 1.98. The van der Waals surface area contributed by atoms with Gasteiger partial charge in [0.1, 0.15) is 11.4 Å². The van der Waals surface area contributed by atoms with E-state index in [-0.39, 0.29) is 22.1 Å². The number of halogens is 2. The van der Waals surface area contributed by atoms with Crippen LogP contribution in [0.2, 0.25) is 5.02 Å². The van der Waals surface area contributed by atoms with Crippen molar-refractivity contribution in [1.82, 2.24) is 5.32 Å². The number of thioether (sulfide) groups is 1. The summed E-state index contributed by atoms with van der Waals surface area (Å²) in [5.74, 6) is 0.251. The molecule has 0 saturated heterocycles. The maximum Gasteiger partial charge on any atom is 0.283 e. The summed E-state index contributed by atoms with van der Waals surface area (Å²) in [4.78, 5) is 22.4. The average molecular weight is 369 g/mol. The van der Waals surface area contributed by atoms with Crippen molar-refractivity contribution in [1.29, 1.82) is 0 Å².